The number of nitrogens with one attached hydrogen (secondary N) is 2. The van der Waals surface area contributed by atoms with Crippen molar-refractivity contribution < 1.29 is 47.7 Å². The van der Waals surface area contributed by atoms with E-state index in [4.69, 9.17) is 19.0 Å². The molecule has 12 nitrogen and oxygen atoms in total. The van der Waals surface area contributed by atoms with Crippen molar-refractivity contribution in [3.63, 3.8) is 0 Å². The molecule has 2 N–H and O–H groups in total. The highest BCUT2D eigenvalue weighted by molar-refractivity contribution is 5.85. The van der Waals surface area contributed by atoms with E-state index >= 15 is 0 Å². The summed E-state index contributed by atoms with van der Waals surface area (Å²) in [6.07, 6.45) is -0.699. The Morgan fingerprint density at radius 2 is 1.53 bits per heavy atom. The van der Waals surface area contributed by atoms with Crippen molar-refractivity contribution in [2.75, 3.05) is 47.3 Å². The van der Waals surface area contributed by atoms with Gasteiger partial charge in [0.05, 0.1) is 40.6 Å². The summed E-state index contributed by atoms with van der Waals surface area (Å²) in [6, 6.07) is -0.976. The van der Waals surface area contributed by atoms with Crippen LogP contribution in [0, 0.1) is 0 Å². The average molecular weight is 436 g/mol. The van der Waals surface area contributed by atoms with Gasteiger partial charge in [0, 0.05) is 6.42 Å². The third kappa shape index (κ3) is 15.5. The molecule has 0 saturated heterocycles. The molecule has 0 aromatic rings. The molecule has 0 radical (unpaired) electrons. The standard InChI is InChI=1S/C18H32N2O10/c1-18(2,3)30-17(24)20-29-11-10-27-8-9-28-12-14(21)19-13(16(23)26-5)6-7-15(22)25-4/h13H,6-12H2,1-5H3,(H,19,21)(H,20,24)/t13-/m0/s1. The van der Waals surface area contributed by atoms with Crippen LogP contribution < -0.4 is 10.8 Å². The summed E-state index contributed by atoms with van der Waals surface area (Å²) in [4.78, 5) is 50.9. The lowest BCUT2D eigenvalue weighted by atomic mass is 10.1. The maximum atomic E-state index is 11.9. The second-order valence-corrected chi connectivity index (χ2v) is 6.88. The van der Waals surface area contributed by atoms with Crippen LogP contribution in [0.1, 0.15) is 33.6 Å². The van der Waals surface area contributed by atoms with Crippen LogP contribution >= 0.6 is 0 Å². The molecule has 0 spiro atoms. The molecule has 0 rings (SSSR count). The smallest absolute Gasteiger partial charge is 0.431 e. The molecule has 30 heavy (non-hydrogen) atoms. The van der Waals surface area contributed by atoms with E-state index in [0.29, 0.717) is 0 Å². The fourth-order valence-corrected chi connectivity index (χ4v) is 1.89. The molecule has 0 aromatic heterocycles. The van der Waals surface area contributed by atoms with E-state index in [1.165, 1.54) is 14.2 Å². The van der Waals surface area contributed by atoms with Crippen molar-refractivity contribution in [2.24, 2.45) is 0 Å². The number of hydrogen-bond acceptors (Lipinski definition) is 10. The van der Waals surface area contributed by atoms with Gasteiger partial charge in [0.2, 0.25) is 5.91 Å². The van der Waals surface area contributed by atoms with Gasteiger partial charge in [-0.25, -0.2) is 9.59 Å². The lowest BCUT2D eigenvalue weighted by Crippen LogP contribution is -2.43. The van der Waals surface area contributed by atoms with Gasteiger partial charge in [-0.1, -0.05) is 0 Å². The molecule has 12 heteroatoms. The molecular weight excluding hydrogens is 404 g/mol. The van der Waals surface area contributed by atoms with Crippen LogP contribution in [-0.4, -0.2) is 82.8 Å². The Morgan fingerprint density at radius 1 is 0.900 bits per heavy atom. The van der Waals surface area contributed by atoms with Crippen LogP contribution in [0.2, 0.25) is 0 Å². The zero-order chi connectivity index (χ0) is 23.0. The Bertz CT molecular complexity index is 548. The summed E-state index contributed by atoms with van der Waals surface area (Å²) in [7, 11) is 2.41. The number of carbonyl (C=O) groups excluding carboxylic acids is 4. The number of hydroxylamine groups is 1. The van der Waals surface area contributed by atoms with Crippen LogP contribution in [0.5, 0.6) is 0 Å². The Kier molecular flexibility index (Phi) is 14.2. The normalized spacial score (nSPS) is 11.9. The highest BCUT2D eigenvalue weighted by atomic mass is 16.7. The zero-order valence-corrected chi connectivity index (χ0v) is 18.1. The highest BCUT2D eigenvalue weighted by Gasteiger charge is 2.22. The SMILES string of the molecule is COC(=O)CC[C@H](NC(=O)COCCOCCONC(=O)OC(C)(C)C)C(=O)OC. The van der Waals surface area contributed by atoms with E-state index in [0.717, 1.165) is 0 Å². The van der Waals surface area contributed by atoms with E-state index in [2.05, 4.69) is 20.3 Å². The van der Waals surface area contributed by atoms with Gasteiger partial charge in [-0.15, -0.1) is 0 Å². The summed E-state index contributed by atoms with van der Waals surface area (Å²) < 4.78 is 24.4. The average Bonchev–Trinajstić information content (AvgIpc) is 2.67. The summed E-state index contributed by atoms with van der Waals surface area (Å²) in [5, 5.41) is 2.43. The number of rotatable bonds is 14. The summed E-state index contributed by atoms with van der Waals surface area (Å²) in [6.45, 7) is 5.48. The fourth-order valence-electron chi connectivity index (χ4n) is 1.89. The molecule has 174 valence electrons. The van der Waals surface area contributed by atoms with Gasteiger partial charge in [-0.3, -0.25) is 14.4 Å². The van der Waals surface area contributed by atoms with Crippen molar-refractivity contribution in [1.29, 1.82) is 0 Å². The first-order valence-electron chi connectivity index (χ1n) is 9.29. The van der Waals surface area contributed by atoms with Crippen molar-refractivity contribution in [3.05, 3.63) is 0 Å². The number of carbonyl (C=O) groups is 4. The Labute approximate surface area is 175 Å². The maximum Gasteiger partial charge on any atom is 0.431 e. The number of esters is 2. The maximum absolute atomic E-state index is 11.9. The predicted octanol–water partition coefficient (Wildman–Crippen LogP) is 0.0869. The largest absolute Gasteiger partial charge is 0.469 e. The molecular formula is C18H32N2O10. The van der Waals surface area contributed by atoms with E-state index in [9.17, 15) is 19.2 Å². The van der Waals surface area contributed by atoms with Gasteiger partial charge in [0.15, 0.2) is 0 Å². The predicted molar refractivity (Wildman–Crippen MR) is 102 cm³/mol. The monoisotopic (exact) mass is 436 g/mol. The van der Waals surface area contributed by atoms with Crippen LogP contribution in [0.3, 0.4) is 0 Å². The molecule has 1 atom stereocenters. The van der Waals surface area contributed by atoms with Crippen molar-refractivity contribution in [2.45, 2.75) is 45.3 Å². The lowest BCUT2D eigenvalue weighted by molar-refractivity contribution is -0.147. The summed E-state index contributed by atoms with van der Waals surface area (Å²) in [5.41, 5.74) is 1.50. The minimum absolute atomic E-state index is 0.0455. The lowest BCUT2D eigenvalue weighted by Gasteiger charge is -2.19. The molecule has 0 saturated carbocycles. The second-order valence-electron chi connectivity index (χ2n) is 6.88. The Hall–Kier alpha value is -2.44. The highest BCUT2D eigenvalue weighted by Crippen LogP contribution is 2.06. The molecule has 0 unspecified atom stereocenters. The van der Waals surface area contributed by atoms with Crippen molar-refractivity contribution >= 4 is 23.9 Å². The molecule has 0 aliphatic heterocycles. The topological polar surface area (TPSA) is 148 Å². The number of amides is 2. The minimum Gasteiger partial charge on any atom is -0.469 e. The van der Waals surface area contributed by atoms with E-state index in [-0.39, 0.29) is 45.9 Å². The number of ether oxygens (including phenoxy) is 5. The van der Waals surface area contributed by atoms with Crippen LogP contribution in [0.4, 0.5) is 4.79 Å². The van der Waals surface area contributed by atoms with Crippen LogP contribution in [0.15, 0.2) is 0 Å². The second kappa shape index (κ2) is 15.4. The van der Waals surface area contributed by atoms with Crippen molar-refractivity contribution in [1.82, 2.24) is 10.8 Å². The minimum atomic E-state index is -0.976. The summed E-state index contributed by atoms with van der Waals surface area (Å²) in [5.74, 6) is -1.72. The third-order valence-electron chi connectivity index (χ3n) is 3.18. The molecule has 0 aliphatic carbocycles. The summed E-state index contributed by atoms with van der Waals surface area (Å²) >= 11 is 0. The van der Waals surface area contributed by atoms with Gasteiger partial charge in [0.25, 0.3) is 0 Å². The van der Waals surface area contributed by atoms with Crippen molar-refractivity contribution in [3.8, 4) is 0 Å². The molecule has 0 fully saturated rings. The van der Waals surface area contributed by atoms with E-state index in [1.54, 1.807) is 20.8 Å². The third-order valence-corrected chi connectivity index (χ3v) is 3.18. The molecule has 0 aliphatic rings. The van der Waals surface area contributed by atoms with E-state index in [1.807, 2.05) is 0 Å². The molecule has 0 heterocycles. The van der Waals surface area contributed by atoms with Gasteiger partial charge in [0.1, 0.15) is 18.2 Å². The first-order chi connectivity index (χ1) is 14.1. The van der Waals surface area contributed by atoms with Gasteiger partial charge in [-0.05, 0) is 27.2 Å². The Balaban J connectivity index is 3.83. The molecule has 0 bridgehead atoms. The van der Waals surface area contributed by atoms with Gasteiger partial charge in [-0.2, -0.15) is 5.48 Å². The van der Waals surface area contributed by atoms with Gasteiger partial charge < -0.3 is 29.0 Å². The zero-order valence-electron chi connectivity index (χ0n) is 18.1. The fraction of sp³-hybridized carbons (Fsp3) is 0.778. The van der Waals surface area contributed by atoms with Crippen LogP contribution in [0.25, 0.3) is 0 Å². The van der Waals surface area contributed by atoms with Crippen LogP contribution in [-0.2, 0) is 42.9 Å². The van der Waals surface area contributed by atoms with Gasteiger partial charge >= 0.3 is 18.0 Å². The molecule has 2 amide bonds. The van der Waals surface area contributed by atoms with E-state index < -0.39 is 35.6 Å². The first kappa shape index (κ1) is 27.6. The first-order valence-corrected chi connectivity index (χ1v) is 9.29. The number of methoxy groups -OCH3 is 2. The Morgan fingerprint density at radius 3 is 2.13 bits per heavy atom. The quantitative estimate of drug-likeness (QED) is 0.166. The number of hydrogen-bond donors (Lipinski definition) is 2. The molecule has 0 aromatic carbocycles.